The van der Waals surface area contributed by atoms with E-state index in [1.165, 1.54) is 0 Å². The number of amides is 1. The molecule has 0 heterocycles. The van der Waals surface area contributed by atoms with Crippen LogP contribution in [0, 0.1) is 0 Å². The van der Waals surface area contributed by atoms with Gasteiger partial charge in [0.15, 0.2) is 0 Å². The Morgan fingerprint density at radius 1 is 1.37 bits per heavy atom. The van der Waals surface area contributed by atoms with Gasteiger partial charge in [-0.2, -0.15) is 0 Å². The predicted molar refractivity (Wildman–Crippen MR) is 75.4 cm³/mol. The first-order chi connectivity index (χ1) is 9.11. The number of ether oxygens (including phenoxy) is 1. The maximum atomic E-state index is 11.6. The zero-order chi connectivity index (χ0) is 14.1. The van der Waals surface area contributed by atoms with E-state index in [0.29, 0.717) is 0 Å². The van der Waals surface area contributed by atoms with Crippen molar-refractivity contribution in [2.45, 2.75) is 25.9 Å². The van der Waals surface area contributed by atoms with Crippen molar-refractivity contribution in [3.8, 4) is 5.75 Å². The zero-order valence-electron chi connectivity index (χ0n) is 11.5. The fraction of sp³-hybridized carbons (Fsp3) is 0.500. The third-order valence-corrected chi connectivity index (χ3v) is 2.63. The van der Waals surface area contributed by atoms with E-state index < -0.39 is 0 Å². The number of benzene rings is 1. The number of carbonyl (C=O) groups excluding carboxylic acids is 1. The lowest BCUT2D eigenvalue weighted by atomic mass is 10.2. The van der Waals surface area contributed by atoms with Gasteiger partial charge in [-0.05, 0) is 50.6 Å². The summed E-state index contributed by atoms with van der Waals surface area (Å²) in [5.74, 6) is 0.677. The van der Waals surface area contributed by atoms with Crippen molar-refractivity contribution >= 4 is 11.6 Å². The van der Waals surface area contributed by atoms with Crippen molar-refractivity contribution in [3.63, 3.8) is 0 Å². The Labute approximate surface area is 114 Å². The fourth-order valence-corrected chi connectivity index (χ4v) is 1.60. The van der Waals surface area contributed by atoms with Gasteiger partial charge in [-0.1, -0.05) is 0 Å². The van der Waals surface area contributed by atoms with Gasteiger partial charge in [-0.25, -0.2) is 0 Å². The molecule has 1 aromatic rings. The molecule has 19 heavy (non-hydrogen) atoms. The Morgan fingerprint density at radius 3 is 2.63 bits per heavy atom. The Morgan fingerprint density at radius 2 is 2.05 bits per heavy atom. The number of hydrogen-bond acceptors (Lipinski definition) is 4. The lowest BCUT2D eigenvalue weighted by molar-refractivity contribution is -0.115. The van der Waals surface area contributed by atoms with E-state index in [9.17, 15) is 4.79 Å². The van der Waals surface area contributed by atoms with Crippen LogP contribution in [0.25, 0.3) is 0 Å². The van der Waals surface area contributed by atoms with Gasteiger partial charge in [0.2, 0.25) is 5.91 Å². The highest BCUT2D eigenvalue weighted by Gasteiger charge is 2.02. The quantitative estimate of drug-likeness (QED) is 0.622. The van der Waals surface area contributed by atoms with Crippen molar-refractivity contribution in [1.29, 1.82) is 0 Å². The molecule has 1 unspecified atom stereocenters. The summed E-state index contributed by atoms with van der Waals surface area (Å²) in [7, 11) is 1.60. The summed E-state index contributed by atoms with van der Waals surface area (Å²) >= 11 is 0. The molecule has 5 heteroatoms. The minimum absolute atomic E-state index is 0.0813. The van der Waals surface area contributed by atoms with Crippen LogP contribution >= 0.6 is 0 Å². The maximum absolute atomic E-state index is 11.6. The van der Waals surface area contributed by atoms with Crippen LogP contribution in [-0.2, 0) is 4.79 Å². The van der Waals surface area contributed by atoms with E-state index in [1.54, 1.807) is 38.3 Å². The SMILES string of the molecule is COc1ccc(NC(=O)CNCCCC(C)O)cc1. The van der Waals surface area contributed by atoms with E-state index in [0.717, 1.165) is 30.8 Å². The molecule has 1 aromatic carbocycles. The van der Waals surface area contributed by atoms with E-state index >= 15 is 0 Å². The highest BCUT2D eigenvalue weighted by atomic mass is 16.5. The molecule has 0 aromatic heterocycles. The second-order valence-electron chi connectivity index (χ2n) is 4.44. The average molecular weight is 266 g/mol. The van der Waals surface area contributed by atoms with Gasteiger partial charge in [0.25, 0.3) is 0 Å². The molecule has 0 spiro atoms. The first kappa shape index (κ1) is 15.5. The molecule has 0 bridgehead atoms. The van der Waals surface area contributed by atoms with Gasteiger partial charge in [-0.3, -0.25) is 4.79 Å². The molecule has 1 amide bonds. The number of nitrogens with one attached hydrogen (secondary N) is 2. The number of methoxy groups -OCH3 is 1. The Bertz CT molecular complexity index is 377. The molecule has 0 aliphatic rings. The van der Waals surface area contributed by atoms with Crippen LogP contribution < -0.4 is 15.4 Å². The highest BCUT2D eigenvalue weighted by molar-refractivity contribution is 5.92. The normalized spacial score (nSPS) is 11.9. The van der Waals surface area contributed by atoms with Gasteiger partial charge in [0, 0.05) is 5.69 Å². The summed E-state index contributed by atoms with van der Waals surface area (Å²) in [6.45, 7) is 2.75. The molecule has 1 atom stereocenters. The summed E-state index contributed by atoms with van der Waals surface area (Å²) < 4.78 is 5.04. The zero-order valence-corrected chi connectivity index (χ0v) is 11.5. The molecular weight excluding hydrogens is 244 g/mol. The van der Waals surface area contributed by atoms with Crippen LogP contribution in [-0.4, -0.2) is 37.3 Å². The van der Waals surface area contributed by atoms with Gasteiger partial charge >= 0.3 is 0 Å². The fourth-order valence-electron chi connectivity index (χ4n) is 1.60. The number of rotatable bonds is 8. The van der Waals surface area contributed by atoms with Crippen LogP contribution in [0.2, 0.25) is 0 Å². The summed E-state index contributed by atoms with van der Waals surface area (Å²) in [5.41, 5.74) is 0.747. The highest BCUT2D eigenvalue weighted by Crippen LogP contribution is 2.14. The molecule has 1 rings (SSSR count). The second-order valence-corrected chi connectivity index (χ2v) is 4.44. The minimum Gasteiger partial charge on any atom is -0.497 e. The smallest absolute Gasteiger partial charge is 0.238 e. The third kappa shape index (κ3) is 6.79. The van der Waals surface area contributed by atoms with Gasteiger partial charge in [0.05, 0.1) is 19.8 Å². The number of hydrogen-bond donors (Lipinski definition) is 3. The van der Waals surface area contributed by atoms with Crippen molar-refractivity contribution in [2.24, 2.45) is 0 Å². The van der Waals surface area contributed by atoms with Crippen LogP contribution in [0.4, 0.5) is 5.69 Å². The van der Waals surface area contributed by atoms with Gasteiger partial charge in [0.1, 0.15) is 5.75 Å². The Hall–Kier alpha value is -1.59. The van der Waals surface area contributed by atoms with Gasteiger partial charge < -0.3 is 20.5 Å². The summed E-state index contributed by atoms with van der Waals surface area (Å²) in [5, 5.41) is 14.9. The lowest BCUT2D eigenvalue weighted by Crippen LogP contribution is -2.29. The molecule has 0 aliphatic heterocycles. The van der Waals surface area contributed by atoms with E-state index in [1.807, 2.05) is 0 Å². The monoisotopic (exact) mass is 266 g/mol. The molecule has 0 fully saturated rings. The number of aliphatic hydroxyl groups is 1. The first-order valence-electron chi connectivity index (χ1n) is 6.44. The van der Waals surface area contributed by atoms with Crippen LogP contribution in [0.5, 0.6) is 5.75 Å². The van der Waals surface area contributed by atoms with Crippen LogP contribution in [0.1, 0.15) is 19.8 Å². The maximum Gasteiger partial charge on any atom is 0.238 e. The molecular formula is C14H22N2O3. The number of anilines is 1. The first-order valence-corrected chi connectivity index (χ1v) is 6.44. The molecule has 0 aliphatic carbocycles. The molecule has 106 valence electrons. The number of carbonyl (C=O) groups is 1. The minimum atomic E-state index is -0.282. The topological polar surface area (TPSA) is 70.6 Å². The van der Waals surface area contributed by atoms with Crippen molar-refractivity contribution in [2.75, 3.05) is 25.5 Å². The Kier molecular flexibility index (Phi) is 6.92. The molecule has 0 radical (unpaired) electrons. The molecule has 5 nitrogen and oxygen atoms in total. The van der Waals surface area contributed by atoms with E-state index in [4.69, 9.17) is 9.84 Å². The largest absolute Gasteiger partial charge is 0.497 e. The summed E-state index contributed by atoms with van der Waals surface area (Å²) in [6.07, 6.45) is 1.32. The summed E-state index contributed by atoms with van der Waals surface area (Å²) in [6, 6.07) is 7.19. The van der Waals surface area contributed by atoms with Gasteiger partial charge in [-0.15, -0.1) is 0 Å². The Balaban J connectivity index is 2.19. The lowest BCUT2D eigenvalue weighted by Gasteiger charge is -2.08. The molecule has 0 saturated carbocycles. The van der Waals surface area contributed by atoms with Crippen molar-refractivity contribution in [1.82, 2.24) is 5.32 Å². The molecule has 0 saturated heterocycles. The standard InChI is InChI=1S/C14H22N2O3/c1-11(17)4-3-9-15-10-14(18)16-12-5-7-13(19-2)8-6-12/h5-8,11,15,17H,3-4,9-10H2,1-2H3,(H,16,18). The average Bonchev–Trinajstić information content (AvgIpc) is 2.39. The van der Waals surface area contributed by atoms with Crippen LogP contribution in [0.3, 0.4) is 0 Å². The van der Waals surface area contributed by atoms with Crippen molar-refractivity contribution < 1.29 is 14.6 Å². The summed E-state index contributed by atoms with van der Waals surface area (Å²) in [4.78, 5) is 11.6. The van der Waals surface area contributed by atoms with Crippen LogP contribution in [0.15, 0.2) is 24.3 Å². The van der Waals surface area contributed by atoms with E-state index in [2.05, 4.69) is 10.6 Å². The molecule has 3 N–H and O–H groups in total. The predicted octanol–water partition coefficient (Wildman–Crippen LogP) is 1.38. The number of aliphatic hydroxyl groups excluding tert-OH is 1. The van der Waals surface area contributed by atoms with E-state index in [-0.39, 0.29) is 18.6 Å². The van der Waals surface area contributed by atoms with Crippen molar-refractivity contribution in [3.05, 3.63) is 24.3 Å². The second kappa shape index (κ2) is 8.50. The third-order valence-electron chi connectivity index (χ3n) is 2.63.